The number of nitrogens with one attached hydrogen (secondary N) is 3. The van der Waals surface area contributed by atoms with Gasteiger partial charge in [0.15, 0.2) is 11.0 Å². The summed E-state index contributed by atoms with van der Waals surface area (Å²) in [5.74, 6) is 0.819. The van der Waals surface area contributed by atoms with E-state index in [1.54, 1.807) is 23.1 Å². The Morgan fingerprint density at radius 2 is 1.74 bits per heavy atom. The summed E-state index contributed by atoms with van der Waals surface area (Å²) in [5.41, 5.74) is 2.52. The van der Waals surface area contributed by atoms with Crippen molar-refractivity contribution in [2.75, 3.05) is 23.7 Å². The molecule has 0 aliphatic carbocycles. The van der Waals surface area contributed by atoms with Gasteiger partial charge in [0.25, 0.3) is 11.8 Å². The Bertz CT molecular complexity index is 1350. The Kier molecular flexibility index (Phi) is 6.44. The molecule has 0 radical (unpaired) electrons. The van der Waals surface area contributed by atoms with Gasteiger partial charge >= 0.3 is 0 Å². The zero-order valence-electron chi connectivity index (χ0n) is 19.0. The number of nitrogens with zero attached hydrogens (tertiary/aromatic N) is 4. The zero-order valence-corrected chi connectivity index (χ0v) is 19.8. The number of H-pyrrole nitrogens is 1. The first-order valence-corrected chi connectivity index (χ1v) is 12.0. The Labute approximate surface area is 206 Å². The molecule has 10 heteroatoms. The minimum atomic E-state index is -0.170. The number of aryl methyl sites for hydroxylation is 1. The minimum Gasteiger partial charge on any atom is -0.337 e. The van der Waals surface area contributed by atoms with Crippen LogP contribution in [-0.2, 0) is 0 Å². The Morgan fingerprint density at radius 3 is 2.40 bits per heavy atom. The van der Waals surface area contributed by atoms with Crippen LogP contribution in [0.3, 0.4) is 0 Å². The predicted octanol–water partition coefficient (Wildman–Crippen LogP) is 4.50. The zero-order chi connectivity index (χ0) is 24.2. The lowest BCUT2D eigenvalue weighted by molar-refractivity contribution is 0.0644. The summed E-state index contributed by atoms with van der Waals surface area (Å²) in [5, 5.41) is 13.5. The summed E-state index contributed by atoms with van der Waals surface area (Å²) in [7, 11) is 0. The van der Waals surface area contributed by atoms with Crippen molar-refractivity contribution >= 4 is 40.9 Å². The van der Waals surface area contributed by atoms with Crippen LogP contribution in [0.4, 0.5) is 17.3 Å². The average molecular weight is 486 g/mol. The second-order valence-electron chi connectivity index (χ2n) is 8.07. The van der Waals surface area contributed by atoms with E-state index in [1.165, 1.54) is 11.8 Å². The summed E-state index contributed by atoms with van der Waals surface area (Å²) in [6.45, 7) is 3.38. The third kappa shape index (κ3) is 5.49. The van der Waals surface area contributed by atoms with E-state index in [1.807, 2.05) is 55.5 Å². The number of anilines is 3. The predicted molar refractivity (Wildman–Crippen MR) is 134 cm³/mol. The molecule has 1 saturated heterocycles. The molecular formula is C25H23N7O2S. The first-order chi connectivity index (χ1) is 17.0. The topological polar surface area (TPSA) is 116 Å². The summed E-state index contributed by atoms with van der Waals surface area (Å²) in [4.78, 5) is 36.9. The van der Waals surface area contributed by atoms with Crippen molar-refractivity contribution in [3.05, 3.63) is 83.7 Å². The van der Waals surface area contributed by atoms with Gasteiger partial charge in [-0.15, -0.1) is 0 Å². The van der Waals surface area contributed by atoms with Crippen LogP contribution in [0, 0.1) is 6.92 Å². The van der Waals surface area contributed by atoms with Crippen LogP contribution in [0.2, 0.25) is 0 Å². The molecule has 35 heavy (non-hydrogen) atoms. The fraction of sp³-hybridized carbons (Fsp3) is 0.160. The number of aromatic amines is 1. The van der Waals surface area contributed by atoms with Crippen LogP contribution in [-0.4, -0.2) is 50.0 Å². The molecule has 1 fully saturated rings. The van der Waals surface area contributed by atoms with E-state index < -0.39 is 0 Å². The number of likely N-dealkylation sites (tertiary alicyclic amines) is 1. The molecule has 1 aliphatic rings. The monoisotopic (exact) mass is 485 g/mol. The van der Waals surface area contributed by atoms with Gasteiger partial charge in [0.2, 0.25) is 0 Å². The van der Waals surface area contributed by atoms with Crippen molar-refractivity contribution in [1.29, 1.82) is 0 Å². The largest absolute Gasteiger partial charge is 0.337 e. The third-order valence-corrected chi connectivity index (χ3v) is 6.26. The highest BCUT2D eigenvalue weighted by atomic mass is 32.2. The number of amides is 2. The van der Waals surface area contributed by atoms with Crippen molar-refractivity contribution in [1.82, 2.24) is 25.1 Å². The molecule has 2 aromatic carbocycles. The minimum absolute atomic E-state index is 0.110. The van der Waals surface area contributed by atoms with Gasteiger partial charge in [0.05, 0.1) is 0 Å². The second-order valence-corrected chi connectivity index (χ2v) is 9.12. The van der Waals surface area contributed by atoms with Crippen LogP contribution in [0.15, 0.2) is 76.8 Å². The Morgan fingerprint density at radius 1 is 0.971 bits per heavy atom. The van der Waals surface area contributed by atoms with Crippen molar-refractivity contribution < 1.29 is 9.59 Å². The second kappa shape index (κ2) is 9.98. The lowest BCUT2D eigenvalue weighted by Crippen LogP contribution is -2.42. The highest BCUT2D eigenvalue weighted by Gasteiger charge is 2.24. The first kappa shape index (κ1) is 22.6. The Balaban J connectivity index is 1.33. The number of hydrogen-bond donors (Lipinski definition) is 3. The molecule has 0 atom stereocenters. The number of hydrogen-bond acceptors (Lipinski definition) is 7. The highest BCUT2D eigenvalue weighted by molar-refractivity contribution is 7.99. The van der Waals surface area contributed by atoms with Crippen LogP contribution >= 0.6 is 11.8 Å². The maximum atomic E-state index is 12.8. The maximum Gasteiger partial charge on any atom is 0.272 e. The van der Waals surface area contributed by atoms with Crippen LogP contribution in [0.5, 0.6) is 0 Å². The van der Waals surface area contributed by atoms with Crippen molar-refractivity contribution in [3.63, 3.8) is 0 Å². The molecule has 1 aliphatic heterocycles. The van der Waals surface area contributed by atoms with Gasteiger partial charge in [-0.25, -0.2) is 9.97 Å². The number of carbonyl (C=O) groups excluding carboxylic acids is 2. The van der Waals surface area contributed by atoms with E-state index in [4.69, 9.17) is 0 Å². The van der Waals surface area contributed by atoms with E-state index in [0.29, 0.717) is 33.7 Å². The molecule has 0 spiro atoms. The standard InChI is InChI=1S/C25H23N7O2S/c1-16-14-22(31-30-16)28-21-15-20(24(34)32-12-5-13-32)27-25(29-21)35-19-10-8-18(9-11-19)26-23(33)17-6-3-2-4-7-17/h2-4,6-11,14-15H,5,12-13H2,1H3,(H,26,33)(H2,27,28,29,30,31). The quantitative estimate of drug-likeness (QED) is 0.330. The van der Waals surface area contributed by atoms with Gasteiger partial charge in [-0.05, 0) is 61.5 Å². The third-order valence-electron chi connectivity index (χ3n) is 5.39. The number of rotatable bonds is 7. The van der Waals surface area contributed by atoms with Gasteiger partial charge in [0, 0.05) is 47.1 Å². The van der Waals surface area contributed by atoms with Gasteiger partial charge in [-0.1, -0.05) is 18.2 Å². The fourth-order valence-electron chi connectivity index (χ4n) is 3.44. The van der Waals surface area contributed by atoms with Crippen molar-refractivity contribution in [2.24, 2.45) is 0 Å². The van der Waals surface area contributed by atoms with Crippen molar-refractivity contribution in [2.45, 2.75) is 23.4 Å². The summed E-state index contributed by atoms with van der Waals surface area (Å²) < 4.78 is 0. The molecule has 0 bridgehead atoms. The van der Waals surface area contributed by atoms with E-state index >= 15 is 0 Å². The molecular weight excluding hydrogens is 462 g/mol. The molecule has 0 saturated carbocycles. The number of benzene rings is 2. The molecule has 5 rings (SSSR count). The summed E-state index contributed by atoms with van der Waals surface area (Å²) in [6, 6.07) is 20.0. The average Bonchev–Trinajstić information content (AvgIpc) is 3.24. The van der Waals surface area contributed by atoms with Gasteiger partial charge < -0.3 is 15.5 Å². The maximum absolute atomic E-state index is 12.8. The normalized spacial score (nSPS) is 12.7. The molecule has 3 heterocycles. The highest BCUT2D eigenvalue weighted by Crippen LogP contribution is 2.28. The van der Waals surface area contributed by atoms with Crippen LogP contribution in [0.1, 0.15) is 33.0 Å². The number of aromatic nitrogens is 4. The van der Waals surface area contributed by atoms with Crippen molar-refractivity contribution in [3.8, 4) is 0 Å². The van der Waals surface area contributed by atoms with Crippen LogP contribution in [0.25, 0.3) is 0 Å². The molecule has 9 nitrogen and oxygen atoms in total. The van der Waals surface area contributed by atoms with E-state index in [0.717, 1.165) is 30.1 Å². The first-order valence-electron chi connectivity index (χ1n) is 11.2. The Hall–Kier alpha value is -4.18. The summed E-state index contributed by atoms with van der Waals surface area (Å²) >= 11 is 1.34. The SMILES string of the molecule is Cc1cc(Nc2cc(C(=O)N3CCC3)nc(Sc3ccc(NC(=O)c4ccccc4)cc3)n2)n[nH]1. The lowest BCUT2D eigenvalue weighted by Gasteiger charge is -2.30. The van der Waals surface area contributed by atoms with E-state index in [2.05, 4.69) is 30.8 Å². The molecule has 2 amide bonds. The molecule has 3 N–H and O–H groups in total. The van der Waals surface area contributed by atoms with E-state index in [-0.39, 0.29) is 11.8 Å². The van der Waals surface area contributed by atoms with Crippen LogP contribution < -0.4 is 10.6 Å². The van der Waals surface area contributed by atoms with E-state index in [9.17, 15) is 9.59 Å². The fourth-order valence-corrected chi connectivity index (χ4v) is 4.21. The number of carbonyl (C=O) groups is 2. The smallest absolute Gasteiger partial charge is 0.272 e. The van der Waals surface area contributed by atoms with Gasteiger partial charge in [-0.3, -0.25) is 14.7 Å². The lowest BCUT2D eigenvalue weighted by atomic mass is 10.2. The summed E-state index contributed by atoms with van der Waals surface area (Å²) in [6.07, 6.45) is 1.00. The molecule has 2 aromatic heterocycles. The molecule has 176 valence electrons. The molecule has 0 unspecified atom stereocenters. The molecule has 4 aromatic rings. The van der Waals surface area contributed by atoms with Gasteiger partial charge in [-0.2, -0.15) is 5.10 Å². The van der Waals surface area contributed by atoms with Gasteiger partial charge in [0.1, 0.15) is 11.5 Å².